The second kappa shape index (κ2) is 6.99. The molecule has 0 radical (unpaired) electrons. The molecule has 0 unspecified atom stereocenters. The Morgan fingerprint density at radius 2 is 1.70 bits per heavy atom. The van der Waals surface area contributed by atoms with Gasteiger partial charge < -0.3 is 4.90 Å². The third-order valence-corrected chi connectivity index (χ3v) is 5.00. The summed E-state index contributed by atoms with van der Waals surface area (Å²) in [5, 5.41) is 1.08. The molecule has 108 valence electrons. The number of hydrogen-bond acceptors (Lipinski definition) is 5. The fourth-order valence-electron chi connectivity index (χ4n) is 2.14. The zero-order chi connectivity index (χ0) is 14.5. The van der Waals surface area contributed by atoms with E-state index in [9.17, 15) is 0 Å². The van der Waals surface area contributed by atoms with Crippen molar-refractivity contribution >= 4 is 25.8 Å². The smallest absolute Gasteiger partial charge is 0.217 e. The summed E-state index contributed by atoms with van der Waals surface area (Å²) in [5.74, 6) is 0. The Balaban J connectivity index is 2.16. The van der Waals surface area contributed by atoms with E-state index in [0.29, 0.717) is 18.6 Å². The van der Waals surface area contributed by atoms with Gasteiger partial charge in [-0.2, -0.15) is 4.98 Å². The molecule has 20 heavy (non-hydrogen) atoms. The van der Waals surface area contributed by atoms with Crippen molar-refractivity contribution in [3.05, 3.63) is 40.7 Å². The molecule has 1 heterocycles. The summed E-state index contributed by atoms with van der Waals surface area (Å²) in [6.07, 6.45) is 0. The monoisotopic (exact) mass is 307 g/mol. The van der Waals surface area contributed by atoms with Gasteiger partial charge in [0.1, 0.15) is 0 Å². The minimum Gasteiger partial charge on any atom is -0.343 e. The molecule has 0 fully saturated rings. The molecule has 0 amide bonds. The maximum atomic E-state index is 4.66. The van der Waals surface area contributed by atoms with Crippen LogP contribution < -0.4 is 9.70 Å². The number of aromatic nitrogens is 1. The lowest BCUT2D eigenvalue weighted by Crippen LogP contribution is -2.37. The van der Waals surface area contributed by atoms with E-state index in [4.69, 9.17) is 0 Å². The normalized spacial score (nSPS) is 12.4. The van der Waals surface area contributed by atoms with Crippen LogP contribution in [0.3, 0.4) is 0 Å². The maximum absolute atomic E-state index is 4.66. The molecule has 0 bridgehead atoms. The summed E-state index contributed by atoms with van der Waals surface area (Å²) in [7, 11) is 3.37. The van der Waals surface area contributed by atoms with Crippen molar-refractivity contribution in [2.75, 3.05) is 4.90 Å². The molecular weight excluding hydrogens is 286 g/mol. The zero-order valence-corrected chi connectivity index (χ0v) is 14.0. The minimum absolute atomic E-state index is 0.454. The lowest BCUT2D eigenvalue weighted by molar-refractivity contribution is 0.605. The number of rotatable bonds is 5. The van der Waals surface area contributed by atoms with Crippen molar-refractivity contribution in [1.29, 1.82) is 0 Å². The van der Waals surface area contributed by atoms with E-state index in [0.717, 1.165) is 9.93 Å². The first-order chi connectivity index (χ1) is 9.58. The fraction of sp³-hybridized carbons (Fsp3) is 0.467. The summed E-state index contributed by atoms with van der Waals surface area (Å²) in [5.41, 5.74) is 1.22. The molecule has 2 rings (SSSR count). The third-order valence-electron chi connectivity index (χ3n) is 2.96. The average Bonchev–Trinajstić information content (AvgIpc) is 2.85. The van der Waals surface area contributed by atoms with E-state index in [1.165, 1.54) is 5.56 Å². The molecule has 0 aliphatic heterocycles. The van der Waals surface area contributed by atoms with Gasteiger partial charge in [0.05, 0.1) is 6.54 Å². The summed E-state index contributed by atoms with van der Waals surface area (Å²) in [4.78, 5) is 12.5. The maximum Gasteiger partial charge on any atom is 0.217 e. The molecule has 0 aliphatic rings. The predicted octanol–water partition coefficient (Wildman–Crippen LogP) is 3.93. The van der Waals surface area contributed by atoms with Gasteiger partial charge in [-0.3, -0.25) is 4.99 Å². The summed E-state index contributed by atoms with van der Waals surface area (Å²) in [6.45, 7) is 9.50. The number of anilines is 1. The lowest BCUT2D eigenvalue weighted by atomic mass is 10.2. The molecule has 0 saturated carbocycles. The fourth-order valence-corrected chi connectivity index (χ4v) is 4.30. The van der Waals surface area contributed by atoms with Crippen molar-refractivity contribution in [3.63, 3.8) is 0 Å². The van der Waals surface area contributed by atoms with Gasteiger partial charge >= 0.3 is 0 Å². The van der Waals surface area contributed by atoms with Crippen LogP contribution in [0.2, 0.25) is 0 Å². The topological polar surface area (TPSA) is 28.5 Å². The highest BCUT2D eigenvalue weighted by atomic mass is 32.9. The molecule has 2 aromatic rings. The van der Waals surface area contributed by atoms with Crippen molar-refractivity contribution in [2.24, 2.45) is 4.99 Å². The van der Waals surface area contributed by atoms with Crippen LogP contribution in [0.1, 0.15) is 33.3 Å². The summed E-state index contributed by atoms with van der Waals surface area (Å²) in [6, 6.07) is 11.2. The van der Waals surface area contributed by atoms with E-state index in [1.807, 2.05) is 18.2 Å². The number of hydrogen-bond donors (Lipinski definition) is 0. The van der Waals surface area contributed by atoms with Crippen LogP contribution in [-0.2, 0) is 6.54 Å². The Morgan fingerprint density at radius 1 is 1.05 bits per heavy atom. The van der Waals surface area contributed by atoms with Crippen molar-refractivity contribution in [1.82, 2.24) is 4.98 Å². The highest BCUT2D eigenvalue weighted by Gasteiger charge is 2.17. The van der Waals surface area contributed by atoms with Crippen LogP contribution in [-0.4, -0.2) is 17.1 Å². The van der Waals surface area contributed by atoms with Gasteiger partial charge in [-0.05, 0) is 53.9 Å². The van der Waals surface area contributed by atoms with Crippen molar-refractivity contribution in [2.45, 2.75) is 46.3 Å². The van der Waals surface area contributed by atoms with E-state index in [2.05, 4.69) is 54.7 Å². The van der Waals surface area contributed by atoms with E-state index < -0.39 is 0 Å². The first kappa shape index (κ1) is 15.2. The molecule has 1 aromatic heterocycles. The van der Waals surface area contributed by atoms with Gasteiger partial charge in [0.15, 0.2) is 5.13 Å². The van der Waals surface area contributed by atoms with Crippen LogP contribution in [0, 0.1) is 0 Å². The third kappa shape index (κ3) is 3.90. The standard InChI is InChI=1S/C15H21N3S2/c1-11(2)18(12(3)4)15-17-14(19-20-15)16-10-13-8-6-5-7-9-13/h5-9,11-12H,10H2,1-4H3. The Hall–Kier alpha value is -1.20. The largest absolute Gasteiger partial charge is 0.343 e. The van der Waals surface area contributed by atoms with Crippen LogP contribution >= 0.6 is 20.7 Å². The quantitative estimate of drug-likeness (QED) is 0.783. The average molecular weight is 307 g/mol. The molecular formula is C15H21N3S2. The molecule has 0 N–H and O–H groups in total. The van der Waals surface area contributed by atoms with Gasteiger partial charge in [0, 0.05) is 12.1 Å². The van der Waals surface area contributed by atoms with Crippen LogP contribution in [0.5, 0.6) is 0 Å². The van der Waals surface area contributed by atoms with Gasteiger partial charge in [0.25, 0.3) is 0 Å². The molecule has 1 aromatic carbocycles. The van der Waals surface area contributed by atoms with E-state index in [-0.39, 0.29) is 0 Å². The molecule has 0 aliphatic carbocycles. The highest BCUT2D eigenvalue weighted by Crippen LogP contribution is 2.23. The second-order valence-corrected chi connectivity index (χ2v) is 7.30. The van der Waals surface area contributed by atoms with E-state index >= 15 is 0 Å². The molecule has 0 saturated heterocycles. The Kier molecular flexibility index (Phi) is 5.31. The number of benzene rings is 1. The minimum atomic E-state index is 0.454. The van der Waals surface area contributed by atoms with Crippen LogP contribution in [0.25, 0.3) is 0 Å². The summed E-state index contributed by atoms with van der Waals surface area (Å²) >= 11 is 0. The van der Waals surface area contributed by atoms with Crippen LogP contribution in [0.15, 0.2) is 35.3 Å². The van der Waals surface area contributed by atoms with Gasteiger partial charge in [-0.15, -0.1) is 0 Å². The molecule has 3 nitrogen and oxygen atoms in total. The van der Waals surface area contributed by atoms with Crippen molar-refractivity contribution < 1.29 is 0 Å². The van der Waals surface area contributed by atoms with Crippen LogP contribution in [0.4, 0.5) is 5.13 Å². The molecule has 0 atom stereocenters. The van der Waals surface area contributed by atoms with Gasteiger partial charge in [0.2, 0.25) is 4.80 Å². The van der Waals surface area contributed by atoms with Crippen molar-refractivity contribution in [3.8, 4) is 0 Å². The van der Waals surface area contributed by atoms with Gasteiger partial charge in [-0.25, -0.2) is 0 Å². The highest BCUT2D eigenvalue weighted by molar-refractivity contribution is 7.69. The Labute approximate surface area is 128 Å². The summed E-state index contributed by atoms with van der Waals surface area (Å²) < 4.78 is 0. The molecule has 5 heteroatoms. The second-order valence-electron chi connectivity index (χ2n) is 5.24. The predicted molar refractivity (Wildman–Crippen MR) is 88.5 cm³/mol. The first-order valence-corrected chi connectivity index (χ1v) is 9.03. The Morgan fingerprint density at radius 3 is 2.30 bits per heavy atom. The van der Waals surface area contributed by atoms with E-state index in [1.54, 1.807) is 20.7 Å². The Bertz CT molecular complexity index is 576. The van der Waals surface area contributed by atoms with Gasteiger partial charge in [-0.1, -0.05) is 30.3 Å². The first-order valence-electron chi connectivity index (χ1n) is 6.88. The zero-order valence-electron chi connectivity index (χ0n) is 12.4. The number of nitrogens with zero attached hydrogens (tertiary/aromatic N) is 3. The molecule has 0 spiro atoms. The SMILES string of the molecule is CC(C)N(c1nc(=NCc2ccccc2)ss1)C(C)C. The lowest BCUT2D eigenvalue weighted by Gasteiger charge is -2.29.